The number of ether oxygens (including phenoxy) is 1. The van der Waals surface area contributed by atoms with Crippen molar-refractivity contribution in [2.24, 2.45) is 11.7 Å². The molecule has 2 rings (SSSR count). The predicted molar refractivity (Wildman–Crippen MR) is 92.6 cm³/mol. The summed E-state index contributed by atoms with van der Waals surface area (Å²) in [7, 11) is 0. The summed E-state index contributed by atoms with van der Waals surface area (Å²) >= 11 is 1.48. The van der Waals surface area contributed by atoms with Crippen molar-refractivity contribution in [1.82, 2.24) is 0 Å². The number of allylic oxidation sites excluding steroid dienone is 1. The second kappa shape index (κ2) is 7.49. The molecule has 0 saturated heterocycles. The minimum Gasteiger partial charge on any atom is -0.462 e. The number of carbonyl (C=O) groups is 2. The molecule has 0 aliphatic heterocycles. The predicted octanol–water partition coefficient (Wildman–Crippen LogP) is 2.74. The highest BCUT2D eigenvalue weighted by Crippen LogP contribution is 2.40. The van der Waals surface area contributed by atoms with E-state index in [0.717, 1.165) is 29.7 Å². The maximum absolute atomic E-state index is 12.4. The summed E-state index contributed by atoms with van der Waals surface area (Å²) < 4.78 is 5.19. The van der Waals surface area contributed by atoms with Crippen LogP contribution in [0.5, 0.6) is 0 Å². The van der Waals surface area contributed by atoms with Crippen molar-refractivity contribution in [2.75, 3.05) is 11.9 Å². The van der Waals surface area contributed by atoms with Crippen LogP contribution >= 0.6 is 11.3 Å². The Bertz CT molecular complexity index is 743. The molecule has 0 unspecified atom stereocenters. The van der Waals surface area contributed by atoms with Gasteiger partial charge in [0.2, 0.25) is 0 Å². The normalized spacial score (nSPS) is 17.3. The molecule has 1 heterocycles. The van der Waals surface area contributed by atoms with Gasteiger partial charge in [-0.3, -0.25) is 4.79 Å². The van der Waals surface area contributed by atoms with Crippen LogP contribution in [0.2, 0.25) is 0 Å². The van der Waals surface area contributed by atoms with Gasteiger partial charge in [0.25, 0.3) is 5.91 Å². The summed E-state index contributed by atoms with van der Waals surface area (Å²) in [6.45, 7) is 5.84. The van der Waals surface area contributed by atoms with E-state index in [-0.39, 0.29) is 11.5 Å². The average Bonchev–Trinajstić information content (AvgIpc) is 2.84. The Kier molecular flexibility index (Phi) is 5.62. The zero-order chi connectivity index (χ0) is 17.9. The summed E-state index contributed by atoms with van der Waals surface area (Å²) in [5.74, 6) is -0.608. The summed E-state index contributed by atoms with van der Waals surface area (Å²) in [6.07, 6.45) is 2.76. The fourth-order valence-corrected chi connectivity index (χ4v) is 4.27. The third-order valence-electron chi connectivity index (χ3n) is 4.03. The lowest BCUT2D eigenvalue weighted by molar-refractivity contribution is -0.114. The molecule has 1 amide bonds. The van der Waals surface area contributed by atoms with Crippen molar-refractivity contribution >= 4 is 28.2 Å². The highest BCUT2D eigenvalue weighted by Gasteiger charge is 2.28. The number of amides is 1. The molecule has 0 bridgehead atoms. The van der Waals surface area contributed by atoms with Crippen LogP contribution in [-0.2, 0) is 22.4 Å². The van der Waals surface area contributed by atoms with Crippen LogP contribution in [0.3, 0.4) is 0 Å². The lowest BCUT2D eigenvalue weighted by Crippen LogP contribution is -2.17. The number of nitrogens with one attached hydrogen (secondary N) is 1. The van der Waals surface area contributed by atoms with Gasteiger partial charge in [-0.1, -0.05) is 6.92 Å². The van der Waals surface area contributed by atoms with Crippen molar-refractivity contribution < 1.29 is 14.3 Å². The Morgan fingerprint density at radius 2 is 2.21 bits per heavy atom. The fourth-order valence-electron chi connectivity index (χ4n) is 2.81. The van der Waals surface area contributed by atoms with Gasteiger partial charge in [0, 0.05) is 10.6 Å². The van der Waals surface area contributed by atoms with Gasteiger partial charge in [0.1, 0.15) is 16.6 Å². The first-order chi connectivity index (χ1) is 11.4. The molecule has 0 saturated carbocycles. The molecule has 1 aliphatic carbocycles. The Labute approximate surface area is 145 Å². The van der Waals surface area contributed by atoms with Crippen molar-refractivity contribution in [3.8, 4) is 6.07 Å². The van der Waals surface area contributed by atoms with Crippen molar-refractivity contribution in [1.29, 1.82) is 5.26 Å². The summed E-state index contributed by atoms with van der Waals surface area (Å²) in [5, 5.41) is 12.7. The number of primary amides is 1. The van der Waals surface area contributed by atoms with Crippen LogP contribution < -0.4 is 11.1 Å². The standard InChI is InChI=1S/C17H21N3O3S/c1-4-23-17(22)14-11-6-5-9(2)7-13(11)24-16(14)20-10(3)12(8-18)15(19)21/h9,20H,4-7H2,1-3H3,(H2,19,21)/b12-10-/t9-/m1/s1. The van der Waals surface area contributed by atoms with E-state index in [9.17, 15) is 9.59 Å². The molecule has 7 heteroatoms. The second-order valence-corrected chi connectivity index (χ2v) is 6.98. The Morgan fingerprint density at radius 3 is 2.79 bits per heavy atom. The Balaban J connectivity index is 2.48. The van der Waals surface area contributed by atoms with Gasteiger partial charge in [0.15, 0.2) is 0 Å². The number of nitrogens with two attached hydrogens (primary N) is 1. The number of anilines is 1. The summed E-state index contributed by atoms with van der Waals surface area (Å²) in [5.41, 5.74) is 6.94. The zero-order valence-corrected chi connectivity index (χ0v) is 14.9. The van der Waals surface area contributed by atoms with Crippen LogP contribution in [0.4, 0.5) is 5.00 Å². The maximum Gasteiger partial charge on any atom is 0.341 e. The van der Waals surface area contributed by atoms with E-state index in [4.69, 9.17) is 15.7 Å². The lowest BCUT2D eigenvalue weighted by atomic mass is 9.88. The third-order valence-corrected chi connectivity index (χ3v) is 5.20. The van der Waals surface area contributed by atoms with Crippen LogP contribution in [0.1, 0.15) is 48.0 Å². The van der Waals surface area contributed by atoms with E-state index in [0.29, 0.717) is 28.8 Å². The van der Waals surface area contributed by atoms with E-state index in [1.165, 1.54) is 11.3 Å². The molecule has 0 spiro atoms. The molecule has 128 valence electrons. The van der Waals surface area contributed by atoms with Crippen LogP contribution in [-0.4, -0.2) is 18.5 Å². The van der Waals surface area contributed by atoms with Gasteiger partial charge in [-0.05, 0) is 44.6 Å². The number of carbonyl (C=O) groups excluding carboxylic acids is 2. The zero-order valence-electron chi connectivity index (χ0n) is 14.1. The van der Waals surface area contributed by atoms with E-state index >= 15 is 0 Å². The van der Waals surface area contributed by atoms with Crippen LogP contribution in [0.15, 0.2) is 11.3 Å². The molecule has 0 fully saturated rings. The first-order valence-corrected chi connectivity index (χ1v) is 8.70. The summed E-state index contributed by atoms with van der Waals surface area (Å²) in [4.78, 5) is 24.9. The monoisotopic (exact) mass is 347 g/mol. The van der Waals surface area contributed by atoms with Gasteiger partial charge >= 0.3 is 5.97 Å². The van der Waals surface area contributed by atoms with E-state index < -0.39 is 5.91 Å². The maximum atomic E-state index is 12.4. The highest BCUT2D eigenvalue weighted by atomic mass is 32.1. The largest absolute Gasteiger partial charge is 0.462 e. The number of rotatable bonds is 5. The van der Waals surface area contributed by atoms with E-state index in [2.05, 4.69) is 12.2 Å². The molecule has 0 radical (unpaired) electrons. The smallest absolute Gasteiger partial charge is 0.341 e. The molecule has 1 atom stereocenters. The molecular formula is C17H21N3O3S. The molecule has 3 N–H and O–H groups in total. The number of nitrogens with zero attached hydrogens (tertiary/aromatic N) is 1. The first kappa shape index (κ1) is 18.0. The number of thiophene rings is 1. The van der Waals surface area contributed by atoms with Crippen molar-refractivity contribution in [3.05, 3.63) is 27.3 Å². The number of nitriles is 1. The van der Waals surface area contributed by atoms with Crippen molar-refractivity contribution in [3.63, 3.8) is 0 Å². The van der Waals surface area contributed by atoms with E-state index in [1.807, 2.05) is 0 Å². The second-order valence-electron chi connectivity index (χ2n) is 5.88. The molecular weight excluding hydrogens is 326 g/mol. The van der Waals surface area contributed by atoms with Crippen LogP contribution in [0.25, 0.3) is 0 Å². The Morgan fingerprint density at radius 1 is 1.50 bits per heavy atom. The molecule has 1 aliphatic rings. The quantitative estimate of drug-likeness (QED) is 0.484. The minimum absolute atomic E-state index is 0.149. The van der Waals surface area contributed by atoms with Crippen molar-refractivity contribution in [2.45, 2.75) is 40.0 Å². The highest BCUT2D eigenvalue weighted by molar-refractivity contribution is 7.16. The van der Waals surface area contributed by atoms with Crippen LogP contribution in [0, 0.1) is 17.2 Å². The molecule has 0 aromatic carbocycles. The van der Waals surface area contributed by atoms with E-state index in [1.54, 1.807) is 19.9 Å². The SMILES string of the molecule is CCOC(=O)c1c(N/C(C)=C(/C#N)C(N)=O)sc2c1CC[C@@H](C)C2. The molecule has 1 aromatic rings. The topological polar surface area (TPSA) is 105 Å². The van der Waals surface area contributed by atoms with Gasteiger partial charge in [-0.25, -0.2) is 4.79 Å². The molecule has 6 nitrogen and oxygen atoms in total. The summed E-state index contributed by atoms with van der Waals surface area (Å²) in [6, 6.07) is 1.80. The lowest BCUT2D eigenvalue weighted by Gasteiger charge is -2.18. The van der Waals surface area contributed by atoms with Gasteiger partial charge in [-0.2, -0.15) is 5.26 Å². The van der Waals surface area contributed by atoms with Gasteiger partial charge in [-0.15, -0.1) is 11.3 Å². The third kappa shape index (κ3) is 3.60. The van der Waals surface area contributed by atoms with Gasteiger partial charge < -0.3 is 15.8 Å². The number of hydrogen-bond acceptors (Lipinski definition) is 6. The fraction of sp³-hybridized carbons (Fsp3) is 0.471. The Hall–Kier alpha value is -2.33. The average molecular weight is 347 g/mol. The number of hydrogen-bond donors (Lipinski definition) is 2. The molecule has 24 heavy (non-hydrogen) atoms. The van der Waals surface area contributed by atoms with Gasteiger partial charge in [0.05, 0.1) is 12.2 Å². The first-order valence-electron chi connectivity index (χ1n) is 7.88. The minimum atomic E-state index is -0.796. The number of fused-ring (bicyclic) bond motifs is 1. The molecule has 1 aromatic heterocycles. The number of esters is 1.